The fourth-order valence-electron chi connectivity index (χ4n) is 2.31. The van der Waals surface area contributed by atoms with Crippen LogP contribution in [0.25, 0.3) is 11.1 Å². The minimum Gasteiger partial charge on any atom is -0.431 e. The maximum absolute atomic E-state index is 10.7. The number of piperidine rings is 1. The van der Waals surface area contributed by atoms with Crippen molar-refractivity contribution < 1.29 is 9.34 Å². The number of hydrogen-bond donors (Lipinski definition) is 1. The van der Waals surface area contributed by atoms with Gasteiger partial charge in [-0.2, -0.15) is 0 Å². The molecule has 0 saturated carbocycles. The molecule has 0 radical (unpaired) electrons. The van der Waals surface area contributed by atoms with Gasteiger partial charge < -0.3 is 9.73 Å². The van der Waals surface area contributed by atoms with E-state index >= 15 is 0 Å². The van der Waals surface area contributed by atoms with Gasteiger partial charge in [-0.3, -0.25) is 10.1 Å². The average molecular weight is 293 g/mol. The lowest BCUT2D eigenvalue weighted by molar-refractivity contribution is -0.384. The van der Waals surface area contributed by atoms with E-state index in [1.807, 2.05) is 0 Å². The van der Waals surface area contributed by atoms with Gasteiger partial charge in [0.25, 0.3) is 10.9 Å². The molecular formula is C13H15N3O3S. The fourth-order valence-corrected chi connectivity index (χ4v) is 3.25. The maximum Gasteiger partial charge on any atom is 0.271 e. The number of non-ortho nitro benzene ring substituents is 1. The molecule has 7 heteroatoms. The van der Waals surface area contributed by atoms with Crippen molar-refractivity contribution in [2.45, 2.75) is 30.5 Å². The Bertz CT molecular complexity index is 622. The van der Waals surface area contributed by atoms with Crippen LogP contribution >= 0.6 is 11.8 Å². The molecule has 1 atom stereocenters. The number of rotatable bonds is 4. The molecule has 0 spiro atoms. The number of fused-ring (bicyclic) bond motifs is 1. The minimum atomic E-state index is -0.424. The van der Waals surface area contributed by atoms with E-state index in [1.54, 1.807) is 17.8 Å². The Labute approximate surface area is 120 Å². The number of oxazole rings is 1. The molecule has 1 fully saturated rings. The van der Waals surface area contributed by atoms with Crippen LogP contribution in [0, 0.1) is 10.1 Å². The van der Waals surface area contributed by atoms with Gasteiger partial charge in [-0.1, -0.05) is 18.2 Å². The lowest BCUT2D eigenvalue weighted by Crippen LogP contribution is -2.35. The Morgan fingerprint density at radius 2 is 2.40 bits per heavy atom. The monoisotopic (exact) mass is 293 g/mol. The second-order valence-electron chi connectivity index (χ2n) is 4.85. The molecule has 1 aromatic heterocycles. The van der Waals surface area contributed by atoms with E-state index < -0.39 is 4.92 Å². The summed E-state index contributed by atoms with van der Waals surface area (Å²) in [7, 11) is 0. The number of nitrogens with zero attached hydrogens (tertiary/aromatic N) is 2. The fraction of sp³-hybridized carbons (Fsp3) is 0.462. The van der Waals surface area contributed by atoms with Gasteiger partial charge in [-0.25, -0.2) is 4.98 Å². The van der Waals surface area contributed by atoms with Crippen LogP contribution in [0.4, 0.5) is 5.69 Å². The lowest BCUT2D eigenvalue weighted by atomic mass is 10.1. The van der Waals surface area contributed by atoms with E-state index in [4.69, 9.17) is 4.42 Å². The van der Waals surface area contributed by atoms with Crippen molar-refractivity contribution in [1.29, 1.82) is 0 Å². The smallest absolute Gasteiger partial charge is 0.271 e. The first-order valence-electron chi connectivity index (χ1n) is 6.63. The first kappa shape index (κ1) is 13.4. The van der Waals surface area contributed by atoms with Gasteiger partial charge in [-0.05, 0) is 25.5 Å². The number of benzene rings is 1. The third kappa shape index (κ3) is 2.94. The molecule has 2 aromatic rings. The first-order valence-corrected chi connectivity index (χ1v) is 7.62. The molecule has 106 valence electrons. The standard InChI is InChI=1S/C13H15N3O3S/c17-16(18)10-4-5-12-11(7-10)15-13(19-12)20-8-9-3-1-2-6-14-9/h4-5,7,9,14H,1-3,6,8H2. The quantitative estimate of drug-likeness (QED) is 0.530. The highest BCUT2D eigenvalue weighted by atomic mass is 32.2. The largest absolute Gasteiger partial charge is 0.431 e. The topological polar surface area (TPSA) is 81.2 Å². The molecular weight excluding hydrogens is 278 g/mol. The predicted octanol–water partition coefficient (Wildman–Crippen LogP) is 2.97. The molecule has 20 heavy (non-hydrogen) atoms. The number of nitro groups is 1. The summed E-state index contributed by atoms with van der Waals surface area (Å²) in [5.74, 6) is 0.912. The first-order chi connectivity index (χ1) is 9.72. The Hall–Kier alpha value is -1.60. The Morgan fingerprint density at radius 1 is 1.50 bits per heavy atom. The molecule has 1 aliphatic heterocycles. The minimum absolute atomic E-state index is 0.0382. The molecule has 2 heterocycles. The van der Waals surface area contributed by atoms with Crippen LogP contribution < -0.4 is 5.32 Å². The van der Waals surface area contributed by atoms with Crippen LogP contribution in [0.1, 0.15) is 19.3 Å². The number of nitrogens with one attached hydrogen (secondary N) is 1. The zero-order chi connectivity index (χ0) is 13.9. The number of aromatic nitrogens is 1. The molecule has 1 N–H and O–H groups in total. The molecule has 0 amide bonds. The van der Waals surface area contributed by atoms with Crippen molar-refractivity contribution >= 4 is 28.5 Å². The van der Waals surface area contributed by atoms with E-state index in [-0.39, 0.29) is 5.69 Å². The molecule has 6 nitrogen and oxygen atoms in total. The number of thioether (sulfide) groups is 1. The highest BCUT2D eigenvalue weighted by molar-refractivity contribution is 7.99. The second kappa shape index (κ2) is 5.80. The van der Waals surface area contributed by atoms with Gasteiger partial charge in [0.1, 0.15) is 5.52 Å². The summed E-state index contributed by atoms with van der Waals surface area (Å²) in [5.41, 5.74) is 1.17. The van der Waals surface area contributed by atoms with Crippen LogP contribution in [0.5, 0.6) is 0 Å². The van der Waals surface area contributed by atoms with E-state index in [0.29, 0.717) is 22.4 Å². The third-order valence-electron chi connectivity index (χ3n) is 3.38. The molecule has 3 rings (SSSR count). The van der Waals surface area contributed by atoms with Gasteiger partial charge in [0, 0.05) is 23.9 Å². The zero-order valence-electron chi connectivity index (χ0n) is 10.9. The van der Waals surface area contributed by atoms with Gasteiger partial charge in [0.15, 0.2) is 5.58 Å². The van der Waals surface area contributed by atoms with Crippen molar-refractivity contribution in [2.75, 3.05) is 12.3 Å². The van der Waals surface area contributed by atoms with Crippen LogP contribution in [0.15, 0.2) is 27.8 Å². The van der Waals surface area contributed by atoms with Gasteiger partial charge in [-0.15, -0.1) is 0 Å². The molecule has 1 aromatic carbocycles. The molecule has 1 unspecified atom stereocenters. The zero-order valence-corrected chi connectivity index (χ0v) is 11.7. The highest BCUT2D eigenvalue weighted by Gasteiger charge is 2.16. The van der Waals surface area contributed by atoms with Crippen molar-refractivity contribution in [2.24, 2.45) is 0 Å². The van der Waals surface area contributed by atoms with Crippen molar-refractivity contribution in [1.82, 2.24) is 10.3 Å². The average Bonchev–Trinajstić information content (AvgIpc) is 2.88. The van der Waals surface area contributed by atoms with Crippen molar-refractivity contribution in [3.63, 3.8) is 0 Å². The summed E-state index contributed by atoms with van der Waals surface area (Å²) in [6.07, 6.45) is 3.68. The van der Waals surface area contributed by atoms with Crippen LogP contribution in [0.3, 0.4) is 0 Å². The molecule has 1 saturated heterocycles. The second-order valence-corrected chi connectivity index (χ2v) is 5.82. The number of hydrogen-bond acceptors (Lipinski definition) is 6. The summed E-state index contributed by atoms with van der Waals surface area (Å²) in [5, 5.41) is 14.8. The van der Waals surface area contributed by atoms with Gasteiger partial charge in [0.2, 0.25) is 0 Å². The Balaban J connectivity index is 1.70. The van der Waals surface area contributed by atoms with Gasteiger partial charge >= 0.3 is 0 Å². The summed E-state index contributed by atoms with van der Waals surface area (Å²) >= 11 is 1.56. The van der Waals surface area contributed by atoms with Crippen molar-refractivity contribution in [3.8, 4) is 0 Å². The molecule has 1 aliphatic rings. The SMILES string of the molecule is O=[N+]([O-])c1ccc2oc(SCC3CCCCN3)nc2c1. The lowest BCUT2D eigenvalue weighted by Gasteiger charge is -2.22. The van der Waals surface area contributed by atoms with Crippen molar-refractivity contribution in [3.05, 3.63) is 28.3 Å². The Kier molecular flexibility index (Phi) is 3.88. The third-order valence-corrected chi connectivity index (χ3v) is 4.37. The maximum atomic E-state index is 10.7. The van der Waals surface area contributed by atoms with Crippen LogP contribution in [-0.2, 0) is 0 Å². The van der Waals surface area contributed by atoms with Gasteiger partial charge in [0.05, 0.1) is 4.92 Å². The predicted molar refractivity (Wildman–Crippen MR) is 77.0 cm³/mol. The summed E-state index contributed by atoms with van der Waals surface area (Å²) in [4.78, 5) is 14.6. The molecule has 0 aliphatic carbocycles. The van der Waals surface area contributed by atoms with Crippen LogP contribution in [-0.4, -0.2) is 28.2 Å². The summed E-state index contributed by atoms with van der Waals surface area (Å²) in [6, 6.07) is 4.98. The summed E-state index contributed by atoms with van der Waals surface area (Å²) in [6.45, 7) is 1.07. The highest BCUT2D eigenvalue weighted by Crippen LogP contribution is 2.27. The number of nitro benzene ring substituents is 1. The van der Waals surface area contributed by atoms with E-state index in [2.05, 4.69) is 10.3 Å². The normalized spacial score (nSPS) is 19.3. The molecule has 0 bridgehead atoms. The van der Waals surface area contributed by atoms with E-state index in [9.17, 15) is 10.1 Å². The summed E-state index contributed by atoms with van der Waals surface area (Å²) < 4.78 is 5.60. The van der Waals surface area contributed by atoms with Crippen LogP contribution in [0.2, 0.25) is 0 Å². The van der Waals surface area contributed by atoms with E-state index in [1.165, 1.54) is 31.4 Å². The van der Waals surface area contributed by atoms with E-state index in [0.717, 1.165) is 12.3 Å². The Morgan fingerprint density at radius 3 is 3.15 bits per heavy atom.